The summed E-state index contributed by atoms with van der Waals surface area (Å²) in [6.45, 7) is 0. The van der Waals surface area contributed by atoms with E-state index in [1.165, 1.54) is 54.6 Å². The Labute approximate surface area is 316 Å². The van der Waals surface area contributed by atoms with Crippen LogP contribution in [0.25, 0.3) is 88.3 Å². The lowest BCUT2D eigenvalue weighted by Crippen LogP contribution is -2.17. The van der Waals surface area contributed by atoms with Crippen LogP contribution in [0.2, 0.25) is 0 Å². The maximum atomic E-state index is 5.52. The minimum Gasteiger partial charge on any atom is -0.294 e. The van der Waals surface area contributed by atoms with Crippen LogP contribution in [0.1, 0.15) is 0 Å². The third-order valence-electron chi connectivity index (χ3n) is 11.3. The van der Waals surface area contributed by atoms with Gasteiger partial charge in [-0.25, -0.2) is 9.97 Å². The summed E-state index contributed by atoms with van der Waals surface area (Å²) < 4.78 is 4.60. The summed E-state index contributed by atoms with van der Waals surface area (Å²) >= 11 is 0. The number of para-hydroxylation sites is 2. The maximum absolute atomic E-state index is 5.52. The Morgan fingerprint density at radius 3 is 1.82 bits per heavy atom. The summed E-state index contributed by atoms with van der Waals surface area (Å²) in [6, 6.07) is 65.2. The van der Waals surface area contributed by atoms with Crippen LogP contribution in [0.4, 0.5) is 17.2 Å². The second-order valence-corrected chi connectivity index (χ2v) is 14.2. The Hall–Kier alpha value is -7.50. The molecular formula is C50H31N5. The van der Waals surface area contributed by atoms with Crippen molar-refractivity contribution in [2.75, 3.05) is 4.90 Å². The van der Waals surface area contributed by atoms with Gasteiger partial charge in [0.05, 0.1) is 33.4 Å². The van der Waals surface area contributed by atoms with Crippen molar-refractivity contribution in [2.45, 2.75) is 0 Å². The molecule has 5 nitrogen and oxygen atoms in total. The third kappa shape index (κ3) is 4.35. The van der Waals surface area contributed by atoms with Crippen LogP contribution in [0.15, 0.2) is 188 Å². The molecule has 0 bridgehead atoms. The van der Waals surface area contributed by atoms with Crippen molar-refractivity contribution in [3.63, 3.8) is 0 Å². The van der Waals surface area contributed by atoms with Crippen LogP contribution in [0.3, 0.4) is 0 Å². The van der Waals surface area contributed by atoms with Crippen LogP contribution < -0.4 is 4.90 Å². The molecule has 0 unspecified atom stereocenters. The molecule has 55 heavy (non-hydrogen) atoms. The van der Waals surface area contributed by atoms with Gasteiger partial charge < -0.3 is 0 Å². The highest BCUT2D eigenvalue weighted by Gasteiger charge is 2.29. The number of rotatable bonds is 4. The first-order valence-corrected chi connectivity index (χ1v) is 18.7. The van der Waals surface area contributed by atoms with E-state index in [2.05, 4.69) is 190 Å². The number of pyridine rings is 2. The van der Waals surface area contributed by atoms with Gasteiger partial charge in [-0.2, -0.15) is 0 Å². The Bertz CT molecular complexity index is 3260. The van der Waals surface area contributed by atoms with Gasteiger partial charge in [-0.05, 0) is 88.8 Å². The van der Waals surface area contributed by atoms with E-state index >= 15 is 0 Å². The number of anilines is 3. The predicted molar refractivity (Wildman–Crippen MR) is 227 cm³/mol. The molecule has 0 radical (unpaired) electrons. The molecule has 11 aromatic rings. The second kappa shape index (κ2) is 11.5. The number of aromatic nitrogens is 4. The van der Waals surface area contributed by atoms with Gasteiger partial charge in [0.15, 0.2) is 0 Å². The van der Waals surface area contributed by atoms with E-state index in [-0.39, 0.29) is 0 Å². The van der Waals surface area contributed by atoms with Crippen molar-refractivity contribution >= 4 is 71.6 Å². The standard InChI is InChI=1S/C50H31N5/c1-2-13-32(14-3-1)34-26-27-43-38(29-34)40-30-39-37-19-10-15-33-16-11-22-44(50(33)37)55(45(39)31-46(40)54(43)47-23-8-9-28-51-47)49-25-12-24-48(52-49)53-41-20-6-4-17-35(41)36-18-5-7-21-42(36)53/h1-31H. The van der Waals surface area contributed by atoms with Crippen molar-refractivity contribution in [2.24, 2.45) is 0 Å². The van der Waals surface area contributed by atoms with Crippen molar-refractivity contribution in [1.82, 2.24) is 19.1 Å². The first kappa shape index (κ1) is 30.0. The van der Waals surface area contributed by atoms with Crippen molar-refractivity contribution in [1.29, 1.82) is 0 Å². The molecule has 0 N–H and O–H groups in total. The van der Waals surface area contributed by atoms with E-state index in [0.717, 1.165) is 50.9 Å². The van der Waals surface area contributed by atoms with Crippen LogP contribution in [0.5, 0.6) is 0 Å². The van der Waals surface area contributed by atoms with Crippen LogP contribution in [-0.2, 0) is 0 Å². The largest absolute Gasteiger partial charge is 0.294 e. The Balaban J connectivity index is 1.16. The normalized spacial score (nSPS) is 12.3. The highest BCUT2D eigenvalue weighted by molar-refractivity contribution is 6.19. The zero-order valence-corrected chi connectivity index (χ0v) is 29.6. The van der Waals surface area contributed by atoms with Gasteiger partial charge >= 0.3 is 0 Å². The molecule has 1 aliphatic heterocycles. The summed E-state index contributed by atoms with van der Waals surface area (Å²) in [5, 5.41) is 7.22. The average Bonchev–Trinajstić information content (AvgIpc) is 3.76. The molecule has 12 rings (SSSR count). The molecule has 5 heterocycles. The predicted octanol–water partition coefficient (Wildman–Crippen LogP) is 12.9. The van der Waals surface area contributed by atoms with E-state index in [0.29, 0.717) is 0 Å². The quantitative estimate of drug-likeness (QED) is 0.183. The summed E-state index contributed by atoms with van der Waals surface area (Å²) in [4.78, 5) is 12.8. The number of hydrogen-bond donors (Lipinski definition) is 0. The van der Waals surface area contributed by atoms with Crippen LogP contribution in [0, 0.1) is 0 Å². The topological polar surface area (TPSA) is 38.9 Å². The Morgan fingerprint density at radius 1 is 0.364 bits per heavy atom. The Kier molecular flexibility index (Phi) is 6.27. The molecule has 0 aliphatic carbocycles. The molecule has 0 amide bonds. The summed E-state index contributed by atoms with van der Waals surface area (Å²) in [7, 11) is 0. The minimum absolute atomic E-state index is 0.855. The minimum atomic E-state index is 0.855. The molecule has 0 atom stereocenters. The van der Waals surface area contributed by atoms with Gasteiger partial charge in [0.25, 0.3) is 0 Å². The molecular weight excluding hydrogens is 671 g/mol. The van der Waals surface area contributed by atoms with Gasteiger partial charge in [0.1, 0.15) is 17.5 Å². The van der Waals surface area contributed by atoms with Crippen molar-refractivity contribution in [3.05, 3.63) is 188 Å². The lowest BCUT2D eigenvalue weighted by molar-refractivity contribution is 1.06. The summed E-state index contributed by atoms with van der Waals surface area (Å²) in [5.41, 5.74) is 11.4. The molecule has 7 aromatic carbocycles. The van der Waals surface area contributed by atoms with E-state index in [1.807, 2.05) is 12.3 Å². The number of fused-ring (bicyclic) bond motifs is 8. The number of nitrogens with zero attached hydrogens (tertiary/aromatic N) is 5. The lowest BCUT2D eigenvalue weighted by atomic mass is 9.90. The summed E-state index contributed by atoms with van der Waals surface area (Å²) in [6.07, 6.45) is 1.87. The van der Waals surface area contributed by atoms with Gasteiger partial charge in [-0.3, -0.25) is 14.0 Å². The van der Waals surface area contributed by atoms with E-state index in [4.69, 9.17) is 9.97 Å². The fraction of sp³-hybridized carbons (Fsp3) is 0. The van der Waals surface area contributed by atoms with Crippen LogP contribution in [-0.4, -0.2) is 19.1 Å². The molecule has 0 saturated heterocycles. The smallest absolute Gasteiger partial charge is 0.140 e. The van der Waals surface area contributed by atoms with Gasteiger partial charge in [-0.15, -0.1) is 0 Å². The first-order valence-electron chi connectivity index (χ1n) is 18.7. The molecule has 4 aromatic heterocycles. The monoisotopic (exact) mass is 701 g/mol. The van der Waals surface area contributed by atoms with E-state index in [9.17, 15) is 0 Å². The molecule has 1 aliphatic rings. The molecule has 256 valence electrons. The number of hydrogen-bond acceptors (Lipinski definition) is 3. The maximum Gasteiger partial charge on any atom is 0.140 e. The first-order chi connectivity index (χ1) is 27.3. The molecule has 5 heteroatoms. The number of benzene rings is 7. The average molecular weight is 702 g/mol. The van der Waals surface area contributed by atoms with Gasteiger partial charge in [-0.1, -0.05) is 115 Å². The van der Waals surface area contributed by atoms with Crippen molar-refractivity contribution in [3.8, 4) is 33.9 Å². The van der Waals surface area contributed by atoms with Gasteiger partial charge in [0, 0.05) is 38.7 Å². The van der Waals surface area contributed by atoms with Crippen molar-refractivity contribution < 1.29 is 0 Å². The van der Waals surface area contributed by atoms with E-state index in [1.54, 1.807) is 0 Å². The van der Waals surface area contributed by atoms with E-state index < -0.39 is 0 Å². The highest BCUT2D eigenvalue weighted by Crippen LogP contribution is 2.52. The molecule has 0 spiro atoms. The SMILES string of the molecule is c1ccc(-c2ccc3c(c2)c2cc4c(cc2n3-c2ccccn2)N(c2cccc(-n3c5ccccc5c5ccccc53)n2)c2cccc3cccc-4c23)cc1. The van der Waals surface area contributed by atoms with Gasteiger partial charge in [0.2, 0.25) is 0 Å². The van der Waals surface area contributed by atoms with Crippen LogP contribution >= 0.6 is 0 Å². The molecule has 0 saturated carbocycles. The summed E-state index contributed by atoms with van der Waals surface area (Å²) in [5.74, 6) is 2.61. The zero-order valence-electron chi connectivity index (χ0n) is 29.6. The second-order valence-electron chi connectivity index (χ2n) is 14.2. The highest BCUT2D eigenvalue weighted by atomic mass is 15.2. The third-order valence-corrected chi connectivity index (χ3v) is 11.3. The lowest BCUT2D eigenvalue weighted by Gasteiger charge is -2.33. The fourth-order valence-corrected chi connectivity index (χ4v) is 8.94. The zero-order chi connectivity index (χ0) is 36.0. The Morgan fingerprint density at radius 2 is 1.02 bits per heavy atom. The fourth-order valence-electron chi connectivity index (χ4n) is 8.94. The molecule has 0 fully saturated rings.